The van der Waals surface area contributed by atoms with E-state index in [1.165, 1.54) is 35.2 Å². The van der Waals surface area contributed by atoms with Crippen LogP contribution in [0.2, 0.25) is 0 Å². The Morgan fingerprint density at radius 1 is 1.27 bits per heavy atom. The van der Waals surface area contributed by atoms with Gasteiger partial charge in [0, 0.05) is 24.2 Å². The molecule has 4 atom stereocenters. The van der Waals surface area contributed by atoms with Crippen LogP contribution in [0.25, 0.3) is 11.2 Å². The molecular weight excluding hydrogens is 434 g/mol. The van der Waals surface area contributed by atoms with E-state index in [0.29, 0.717) is 12.1 Å². The normalized spacial score (nSPS) is 22.0. The molecule has 5 N–H and O–H groups in total. The summed E-state index contributed by atoms with van der Waals surface area (Å²) in [5, 5.41) is 34.1. The van der Waals surface area contributed by atoms with E-state index in [1.807, 2.05) is 0 Å². The van der Waals surface area contributed by atoms with Crippen LogP contribution in [0.5, 0.6) is 0 Å². The van der Waals surface area contributed by atoms with Gasteiger partial charge in [-0.15, -0.1) is 0 Å². The lowest BCUT2D eigenvalue weighted by Gasteiger charge is -2.16. The van der Waals surface area contributed by atoms with Crippen LogP contribution in [0.15, 0.2) is 30.6 Å². The van der Waals surface area contributed by atoms with Gasteiger partial charge in [-0.1, -0.05) is 5.92 Å². The number of likely N-dealkylation sites (N-methyl/N-ethyl adjacent to an activating group) is 1. The first-order chi connectivity index (χ1) is 15.8. The van der Waals surface area contributed by atoms with Gasteiger partial charge in [-0.05, 0) is 25.0 Å². The molecule has 33 heavy (non-hydrogen) atoms. The van der Waals surface area contributed by atoms with Gasteiger partial charge in [0.15, 0.2) is 23.8 Å². The quantitative estimate of drug-likeness (QED) is 0.227. The summed E-state index contributed by atoms with van der Waals surface area (Å²) in [6.07, 6.45) is -4.00. The summed E-state index contributed by atoms with van der Waals surface area (Å²) in [5.41, 5.74) is 6.83. The van der Waals surface area contributed by atoms with E-state index in [4.69, 9.17) is 10.5 Å². The highest BCUT2D eigenvalue weighted by Crippen LogP contribution is 2.32. The number of carbonyl (C=O) groups excluding carboxylic acids is 1. The summed E-state index contributed by atoms with van der Waals surface area (Å²) in [4.78, 5) is 34.9. The first-order valence-corrected chi connectivity index (χ1v) is 9.86. The van der Waals surface area contributed by atoms with Gasteiger partial charge in [-0.25, -0.2) is 15.0 Å². The number of amides is 1. The monoisotopic (exact) mass is 453 g/mol. The van der Waals surface area contributed by atoms with Crippen LogP contribution in [0, 0.1) is 22.0 Å². The van der Waals surface area contributed by atoms with E-state index < -0.39 is 35.4 Å². The topological polar surface area (TPSA) is 192 Å². The third kappa shape index (κ3) is 4.17. The second-order valence-corrected chi connectivity index (χ2v) is 7.13. The number of hydrogen-bond donors (Lipinski definition) is 4. The molecule has 13 heteroatoms. The molecule has 1 amide bonds. The molecule has 1 unspecified atom stereocenters. The van der Waals surface area contributed by atoms with Gasteiger partial charge in [0.25, 0.3) is 11.6 Å². The van der Waals surface area contributed by atoms with Crippen LogP contribution < -0.4 is 11.1 Å². The van der Waals surface area contributed by atoms with Crippen LogP contribution in [0.1, 0.15) is 24.5 Å². The van der Waals surface area contributed by atoms with Gasteiger partial charge in [-0.3, -0.25) is 19.5 Å². The molecule has 0 aliphatic carbocycles. The third-order valence-electron chi connectivity index (χ3n) is 4.97. The number of hydrogen-bond acceptors (Lipinski definition) is 10. The smallest absolute Gasteiger partial charge is 0.269 e. The summed E-state index contributed by atoms with van der Waals surface area (Å²) >= 11 is 0. The Balaban J connectivity index is 1.66. The van der Waals surface area contributed by atoms with Gasteiger partial charge in [0.1, 0.15) is 17.7 Å². The maximum absolute atomic E-state index is 12.1. The zero-order valence-corrected chi connectivity index (χ0v) is 17.2. The van der Waals surface area contributed by atoms with E-state index >= 15 is 0 Å². The largest absolute Gasteiger partial charge is 0.387 e. The maximum atomic E-state index is 12.1. The second-order valence-electron chi connectivity index (χ2n) is 7.13. The van der Waals surface area contributed by atoms with E-state index in [1.54, 1.807) is 6.92 Å². The number of nitrogens with one attached hydrogen (secondary N) is 1. The Kier molecular flexibility index (Phi) is 5.88. The molecule has 13 nitrogen and oxygen atoms in total. The summed E-state index contributed by atoms with van der Waals surface area (Å²) in [6, 6.07) is 5.63. The van der Waals surface area contributed by atoms with Crippen LogP contribution in [-0.4, -0.2) is 65.4 Å². The van der Waals surface area contributed by atoms with Crippen LogP contribution in [0.4, 0.5) is 11.5 Å². The van der Waals surface area contributed by atoms with Crippen molar-refractivity contribution in [3.63, 3.8) is 0 Å². The molecule has 170 valence electrons. The molecule has 1 saturated heterocycles. The number of rotatable bonds is 4. The van der Waals surface area contributed by atoms with Crippen molar-refractivity contribution in [1.29, 1.82) is 0 Å². The van der Waals surface area contributed by atoms with E-state index in [0.717, 1.165) is 0 Å². The minimum Gasteiger partial charge on any atom is -0.387 e. The molecule has 3 heterocycles. The molecular formula is C20H19N7O6. The van der Waals surface area contributed by atoms with Gasteiger partial charge in [-0.2, -0.15) is 0 Å². The SMILES string of the molecule is CCNC(=O)[C@H]1OC(n2cnc3c(N)nc(C#Cc4ccc([N+](=O)[O-])cc4)nc32)[C@H](O)[C@@H]1O. The number of aliphatic hydroxyl groups excluding tert-OH is 2. The molecule has 0 bridgehead atoms. The molecule has 1 aromatic carbocycles. The molecule has 1 aliphatic rings. The standard InChI is InChI=1S/C20H19N7O6/c1-2-22-19(30)16-14(28)15(29)20(33-16)26-9-23-13-17(21)24-12(25-18(13)26)8-5-10-3-6-11(7-4-10)27(31)32/h3-4,6-7,9,14-16,20,28-29H,2H2,1H3,(H,22,30)(H2,21,24,25)/t14-,15+,16-,20?/m0/s1. The highest BCUT2D eigenvalue weighted by atomic mass is 16.6. The number of carbonyl (C=O) groups is 1. The fourth-order valence-electron chi connectivity index (χ4n) is 3.36. The number of nitrogen functional groups attached to an aromatic ring is 1. The predicted molar refractivity (Wildman–Crippen MR) is 113 cm³/mol. The Morgan fingerprint density at radius 3 is 2.67 bits per heavy atom. The van der Waals surface area contributed by atoms with Crippen molar-refractivity contribution in [2.24, 2.45) is 0 Å². The lowest BCUT2D eigenvalue weighted by Crippen LogP contribution is -2.42. The second kappa shape index (κ2) is 8.79. The summed E-state index contributed by atoms with van der Waals surface area (Å²) in [5.74, 6) is 5.04. The highest BCUT2D eigenvalue weighted by molar-refractivity contribution is 5.83. The summed E-state index contributed by atoms with van der Waals surface area (Å²) < 4.78 is 6.96. The first-order valence-electron chi connectivity index (χ1n) is 9.86. The summed E-state index contributed by atoms with van der Waals surface area (Å²) in [7, 11) is 0. The Labute approximate surface area is 186 Å². The molecule has 0 radical (unpaired) electrons. The minimum atomic E-state index is -1.46. The molecule has 0 saturated carbocycles. The number of non-ortho nitro benzene ring substituents is 1. The average Bonchev–Trinajstić information content (AvgIpc) is 3.34. The first kappa shape index (κ1) is 22.1. The van der Waals surface area contributed by atoms with E-state index in [-0.39, 0.29) is 28.5 Å². The van der Waals surface area contributed by atoms with Gasteiger partial charge in [0.2, 0.25) is 5.82 Å². The van der Waals surface area contributed by atoms with Gasteiger partial charge < -0.3 is 26.0 Å². The van der Waals surface area contributed by atoms with Crippen molar-refractivity contribution in [2.45, 2.75) is 31.5 Å². The fraction of sp³-hybridized carbons (Fsp3) is 0.300. The molecule has 2 aromatic heterocycles. The van der Waals surface area contributed by atoms with Crippen LogP contribution in [0.3, 0.4) is 0 Å². The third-order valence-corrected chi connectivity index (χ3v) is 4.97. The van der Waals surface area contributed by atoms with Crippen molar-refractivity contribution in [3.8, 4) is 11.8 Å². The Hall–Kier alpha value is -4.12. The zero-order chi connectivity index (χ0) is 23.7. The predicted octanol–water partition coefficient (Wildman–Crippen LogP) is -0.528. The number of benzene rings is 1. The number of aliphatic hydroxyl groups is 2. The zero-order valence-electron chi connectivity index (χ0n) is 17.2. The van der Waals surface area contributed by atoms with E-state index in [9.17, 15) is 25.1 Å². The van der Waals surface area contributed by atoms with Crippen LogP contribution >= 0.6 is 0 Å². The molecule has 4 rings (SSSR count). The number of nitrogens with two attached hydrogens (primary N) is 1. The van der Waals surface area contributed by atoms with E-state index in [2.05, 4.69) is 32.1 Å². The lowest BCUT2D eigenvalue weighted by molar-refractivity contribution is -0.384. The highest BCUT2D eigenvalue weighted by Gasteiger charge is 2.47. The number of aromatic nitrogens is 4. The maximum Gasteiger partial charge on any atom is 0.269 e. The molecule has 1 aliphatic heterocycles. The van der Waals surface area contributed by atoms with Crippen molar-refractivity contribution < 1.29 is 24.7 Å². The number of nitrogens with zero attached hydrogens (tertiary/aromatic N) is 5. The number of nitro benzene ring substituents is 1. The minimum absolute atomic E-state index is 0.0278. The lowest BCUT2D eigenvalue weighted by atomic mass is 10.1. The number of fused-ring (bicyclic) bond motifs is 1. The van der Waals surface area contributed by atoms with Crippen molar-refractivity contribution in [1.82, 2.24) is 24.8 Å². The average molecular weight is 453 g/mol. The van der Waals surface area contributed by atoms with Crippen molar-refractivity contribution in [2.75, 3.05) is 12.3 Å². The van der Waals surface area contributed by atoms with Crippen molar-refractivity contribution in [3.05, 3.63) is 52.1 Å². The molecule has 3 aromatic rings. The molecule has 0 spiro atoms. The number of ether oxygens (including phenoxy) is 1. The molecule has 1 fully saturated rings. The Morgan fingerprint density at radius 2 is 2.00 bits per heavy atom. The fourth-order valence-corrected chi connectivity index (χ4v) is 3.36. The van der Waals surface area contributed by atoms with Crippen molar-refractivity contribution >= 4 is 28.6 Å². The van der Waals surface area contributed by atoms with Gasteiger partial charge >= 0.3 is 0 Å². The van der Waals surface area contributed by atoms with Gasteiger partial charge in [0.05, 0.1) is 11.3 Å². The summed E-state index contributed by atoms with van der Waals surface area (Å²) in [6.45, 7) is 2.05. The van der Waals surface area contributed by atoms with Crippen LogP contribution in [-0.2, 0) is 9.53 Å². The Bertz CT molecular complexity index is 1280. The number of nitro groups is 1. The number of anilines is 1. The number of imidazole rings is 1.